The quantitative estimate of drug-likeness (QED) is 0.683. The Balaban J connectivity index is 1.38. The summed E-state index contributed by atoms with van der Waals surface area (Å²) in [5.74, 6) is 2.97. The average molecular weight is 406 g/mol. The number of benzene rings is 2. The van der Waals surface area contributed by atoms with Crippen molar-refractivity contribution in [2.45, 2.75) is 50.4 Å². The van der Waals surface area contributed by atoms with Gasteiger partial charge in [0, 0.05) is 12.5 Å². The molecule has 1 N–H and O–H groups in total. The summed E-state index contributed by atoms with van der Waals surface area (Å²) in [5, 5.41) is 3.12. The molecule has 0 unspecified atom stereocenters. The van der Waals surface area contributed by atoms with Crippen molar-refractivity contribution in [1.82, 2.24) is 0 Å². The van der Waals surface area contributed by atoms with E-state index in [1.807, 2.05) is 18.2 Å². The zero-order valence-corrected chi connectivity index (χ0v) is 17.9. The number of carbonyl (C=O) groups is 1. The summed E-state index contributed by atoms with van der Waals surface area (Å²) < 4.78 is 10.8. The Bertz CT molecular complexity index is 925. The van der Waals surface area contributed by atoms with E-state index in [9.17, 15) is 4.79 Å². The van der Waals surface area contributed by atoms with Gasteiger partial charge in [0.05, 0.1) is 19.9 Å². The molecular formula is C26H31NO3. The first-order valence-electron chi connectivity index (χ1n) is 11.1. The second kappa shape index (κ2) is 7.33. The molecule has 2 aromatic carbocycles. The summed E-state index contributed by atoms with van der Waals surface area (Å²) in [6, 6.07) is 16.6. The first-order valence-corrected chi connectivity index (χ1v) is 11.1. The third-order valence-electron chi connectivity index (χ3n) is 7.78. The molecule has 158 valence electrons. The van der Waals surface area contributed by atoms with Gasteiger partial charge in [0.1, 0.15) is 11.5 Å². The monoisotopic (exact) mass is 405 g/mol. The number of anilines is 1. The fourth-order valence-electron chi connectivity index (χ4n) is 7.24. The van der Waals surface area contributed by atoms with Gasteiger partial charge in [0.2, 0.25) is 5.91 Å². The van der Waals surface area contributed by atoms with Crippen LogP contribution in [0.1, 0.15) is 50.5 Å². The molecule has 1 amide bonds. The van der Waals surface area contributed by atoms with Crippen LogP contribution in [-0.2, 0) is 10.2 Å². The molecule has 30 heavy (non-hydrogen) atoms. The predicted octanol–water partition coefficient (Wildman–Crippen LogP) is 5.57. The third-order valence-corrected chi connectivity index (χ3v) is 7.78. The minimum Gasteiger partial charge on any atom is -0.497 e. The van der Waals surface area contributed by atoms with Gasteiger partial charge in [-0.25, -0.2) is 0 Å². The van der Waals surface area contributed by atoms with Crippen molar-refractivity contribution in [3.63, 3.8) is 0 Å². The molecule has 0 heterocycles. The fraction of sp³-hybridized carbons (Fsp3) is 0.500. The molecule has 4 nitrogen and oxygen atoms in total. The van der Waals surface area contributed by atoms with Gasteiger partial charge in [-0.3, -0.25) is 4.79 Å². The van der Waals surface area contributed by atoms with Gasteiger partial charge in [0.15, 0.2) is 0 Å². The van der Waals surface area contributed by atoms with Crippen LogP contribution in [0.2, 0.25) is 0 Å². The van der Waals surface area contributed by atoms with Gasteiger partial charge in [-0.05, 0) is 78.9 Å². The van der Waals surface area contributed by atoms with Crippen molar-refractivity contribution in [2.24, 2.45) is 17.3 Å². The highest BCUT2D eigenvalue weighted by Gasteiger charge is 2.58. The number of carbonyl (C=O) groups excluding carboxylic acids is 1. The van der Waals surface area contributed by atoms with Gasteiger partial charge >= 0.3 is 0 Å². The normalized spacial score (nSPS) is 31.4. The van der Waals surface area contributed by atoms with Crippen LogP contribution >= 0.6 is 0 Å². The van der Waals surface area contributed by atoms with E-state index in [4.69, 9.17) is 9.47 Å². The molecule has 0 saturated heterocycles. The maximum absolute atomic E-state index is 13.2. The van der Waals surface area contributed by atoms with E-state index in [0.29, 0.717) is 23.6 Å². The Morgan fingerprint density at radius 2 is 1.73 bits per heavy atom. The first kappa shape index (κ1) is 19.5. The maximum atomic E-state index is 13.2. The second-order valence-corrected chi connectivity index (χ2v) is 9.90. The van der Waals surface area contributed by atoms with Gasteiger partial charge in [-0.1, -0.05) is 30.3 Å². The molecule has 4 heteroatoms. The van der Waals surface area contributed by atoms with Crippen LogP contribution in [0.3, 0.4) is 0 Å². The molecule has 4 aliphatic carbocycles. The zero-order valence-electron chi connectivity index (χ0n) is 17.9. The number of hydrogen-bond donors (Lipinski definition) is 1. The van der Waals surface area contributed by atoms with Crippen LogP contribution in [-0.4, -0.2) is 20.1 Å². The largest absolute Gasteiger partial charge is 0.497 e. The van der Waals surface area contributed by atoms with E-state index in [1.54, 1.807) is 14.2 Å². The summed E-state index contributed by atoms with van der Waals surface area (Å²) >= 11 is 0. The van der Waals surface area contributed by atoms with E-state index in [0.717, 1.165) is 18.3 Å². The van der Waals surface area contributed by atoms with E-state index in [2.05, 4.69) is 35.6 Å². The van der Waals surface area contributed by atoms with Gasteiger partial charge in [0.25, 0.3) is 0 Å². The van der Waals surface area contributed by atoms with Crippen molar-refractivity contribution >= 4 is 11.6 Å². The van der Waals surface area contributed by atoms with E-state index in [-0.39, 0.29) is 16.7 Å². The molecule has 2 aromatic rings. The van der Waals surface area contributed by atoms with Crippen LogP contribution in [0.4, 0.5) is 5.69 Å². The summed E-state index contributed by atoms with van der Waals surface area (Å²) in [6.45, 7) is 0. The van der Waals surface area contributed by atoms with Crippen molar-refractivity contribution in [3.05, 3.63) is 54.1 Å². The minimum atomic E-state index is 0.0896. The number of rotatable bonds is 6. The summed E-state index contributed by atoms with van der Waals surface area (Å²) in [6.07, 6.45) is 8.05. The van der Waals surface area contributed by atoms with Crippen molar-refractivity contribution in [3.8, 4) is 11.5 Å². The lowest BCUT2D eigenvalue weighted by Crippen LogP contribution is -2.54. The summed E-state index contributed by atoms with van der Waals surface area (Å²) in [4.78, 5) is 13.2. The topological polar surface area (TPSA) is 47.6 Å². The number of nitrogens with one attached hydrogen (secondary N) is 1. The van der Waals surface area contributed by atoms with Crippen molar-refractivity contribution < 1.29 is 14.3 Å². The second-order valence-electron chi connectivity index (χ2n) is 9.90. The molecular weight excluding hydrogens is 374 g/mol. The molecule has 4 saturated carbocycles. The Labute approximate surface area is 179 Å². The van der Waals surface area contributed by atoms with E-state index < -0.39 is 0 Å². The highest BCUT2D eigenvalue weighted by molar-refractivity contribution is 5.93. The number of ether oxygens (including phenoxy) is 2. The van der Waals surface area contributed by atoms with E-state index in [1.165, 1.54) is 37.7 Å². The Morgan fingerprint density at radius 3 is 2.40 bits per heavy atom. The molecule has 0 aromatic heterocycles. The predicted molar refractivity (Wildman–Crippen MR) is 118 cm³/mol. The standard InChI is InChI=1S/C26H31NO3/c1-29-21-8-9-23(30-2)22(11-21)27-24(28)16-25-12-18-10-19(13-25)15-26(14-18,17-25)20-6-4-3-5-7-20/h3-9,11,18-19H,10,12-17H2,1-2H3,(H,27,28)/t18-,19-,25?,26?/m0/s1. The molecule has 0 radical (unpaired) electrons. The lowest BCUT2D eigenvalue weighted by Gasteiger charge is -2.62. The average Bonchev–Trinajstić information content (AvgIpc) is 2.73. The molecule has 4 bridgehead atoms. The lowest BCUT2D eigenvalue weighted by atomic mass is 9.42. The Kier molecular flexibility index (Phi) is 4.76. The minimum absolute atomic E-state index is 0.0896. The zero-order chi connectivity index (χ0) is 20.8. The molecule has 0 spiro atoms. The van der Waals surface area contributed by atoms with Crippen molar-refractivity contribution in [2.75, 3.05) is 19.5 Å². The van der Waals surface area contributed by atoms with E-state index >= 15 is 0 Å². The molecule has 0 aliphatic heterocycles. The highest BCUT2D eigenvalue weighted by Crippen LogP contribution is 2.66. The summed E-state index contributed by atoms with van der Waals surface area (Å²) in [5.41, 5.74) is 2.55. The number of methoxy groups -OCH3 is 2. The maximum Gasteiger partial charge on any atom is 0.225 e. The first-order chi connectivity index (χ1) is 14.5. The molecule has 4 fully saturated rings. The molecule has 2 atom stereocenters. The highest BCUT2D eigenvalue weighted by atomic mass is 16.5. The van der Waals surface area contributed by atoms with Crippen molar-refractivity contribution in [1.29, 1.82) is 0 Å². The van der Waals surface area contributed by atoms with Crippen LogP contribution < -0.4 is 14.8 Å². The number of amides is 1. The van der Waals surface area contributed by atoms with Crippen LogP contribution in [0.25, 0.3) is 0 Å². The smallest absolute Gasteiger partial charge is 0.225 e. The van der Waals surface area contributed by atoms with Crippen LogP contribution in [0, 0.1) is 17.3 Å². The van der Waals surface area contributed by atoms with Gasteiger partial charge in [-0.15, -0.1) is 0 Å². The van der Waals surface area contributed by atoms with Gasteiger partial charge in [-0.2, -0.15) is 0 Å². The Morgan fingerprint density at radius 1 is 1.00 bits per heavy atom. The molecule has 6 rings (SSSR count). The fourth-order valence-corrected chi connectivity index (χ4v) is 7.24. The van der Waals surface area contributed by atoms with Gasteiger partial charge < -0.3 is 14.8 Å². The Hall–Kier alpha value is -2.49. The third kappa shape index (κ3) is 3.36. The molecule has 4 aliphatic rings. The summed E-state index contributed by atoms with van der Waals surface area (Å²) in [7, 11) is 3.26. The SMILES string of the molecule is COc1ccc(OC)c(NC(=O)CC23C[C@@H]4C[C@@H](C2)CC(c2ccccc2)(C4)C3)c1. The number of hydrogen-bond acceptors (Lipinski definition) is 3. The van der Waals surface area contributed by atoms with Crippen LogP contribution in [0.5, 0.6) is 11.5 Å². The lowest BCUT2D eigenvalue weighted by molar-refractivity contribution is -0.126. The van der Waals surface area contributed by atoms with Crippen LogP contribution in [0.15, 0.2) is 48.5 Å².